The fraction of sp³-hybridized carbons (Fsp3) is 0.318. The zero-order valence-corrected chi connectivity index (χ0v) is 17.9. The van der Waals surface area contributed by atoms with Crippen LogP contribution in [0.1, 0.15) is 5.89 Å². The van der Waals surface area contributed by atoms with E-state index in [0.717, 1.165) is 24.4 Å². The minimum absolute atomic E-state index is 0.0104. The Balaban J connectivity index is 1.24. The van der Waals surface area contributed by atoms with E-state index in [9.17, 15) is 4.79 Å². The van der Waals surface area contributed by atoms with E-state index < -0.39 is 0 Å². The molecule has 1 saturated heterocycles. The van der Waals surface area contributed by atoms with Gasteiger partial charge in [-0.2, -0.15) is 4.98 Å². The summed E-state index contributed by atoms with van der Waals surface area (Å²) >= 11 is 5.86. The molecule has 0 aliphatic carbocycles. The maximum atomic E-state index is 12.4. The number of amides is 1. The van der Waals surface area contributed by atoms with Gasteiger partial charge in [0.1, 0.15) is 11.5 Å². The highest BCUT2D eigenvalue weighted by atomic mass is 35.5. The Kier molecular flexibility index (Phi) is 6.69. The minimum Gasteiger partial charge on any atom is -0.497 e. The van der Waals surface area contributed by atoms with E-state index in [0.29, 0.717) is 42.1 Å². The summed E-state index contributed by atoms with van der Waals surface area (Å²) in [6, 6.07) is 14.5. The molecule has 3 aromatic rings. The molecule has 1 fully saturated rings. The number of hydrogen-bond donors (Lipinski definition) is 0. The number of carbonyl (C=O) groups is 1. The van der Waals surface area contributed by atoms with E-state index in [-0.39, 0.29) is 12.5 Å². The first-order valence-electron chi connectivity index (χ1n) is 9.96. The number of ether oxygens (including phenoxy) is 2. The Morgan fingerprint density at radius 2 is 1.71 bits per heavy atom. The van der Waals surface area contributed by atoms with Crippen molar-refractivity contribution in [2.24, 2.45) is 0 Å². The Morgan fingerprint density at radius 1 is 1.03 bits per heavy atom. The summed E-state index contributed by atoms with van der Waals surface area (Å²) in [7, 11) is 1.63. The number of hydrogen-bond acceptors (Lipinski definition) is 7. The van der Waals surface area contributed by atoms with Crippen LogP contribution in [0.4, 0.5) is 0 Å². The van der Waals surface area contributed by atoms with E-state index in [2.05, 4.69) is 15.0 Å². The molecule has 0 spiro atoms. The lowest BCUT2D eigenvalue weighted by Crippen LogP contribution is -2.49. The zero-order valence-electron chi connectivity index (χ0n) is 17.2. The third kappa shape index (κ3) is 5.53. The fourth-order valence-corrected chi connectivity index (χ4v) is 3.42. The van der Waals surface area contributed by atoms with Crippen LogP contribution in [-0.2, 0) is 11.3 Å². The van der Waals surface area contributed by atoms with Crippen molar-refractivity contribution in [1.29, 1.82) is 0 Å². The zero-order chi connectivity index (χ0) is 21.6. The summed E-state index contributed by atoms with van der Waals surface area (Å²) in [5.74, 6) is 2.47. The van der Waals surface area contributed by atoms with E-state index >= 15 is 0 Å². The number of benzene rings is 2. The normalized spacial score (nSPS) is 14.5. The lowest BCUT2D eigenvalue weighted by Gasteiger charge is -2.33. The van der Waals surface area contributed by atoms with Crippen molar-refractivity contribution in [2.45, 2.75) is 6.54 Å². The molecule has 1 aromatic heterocycles. The van der Waals surface area contributed by atoms with Crippen LogP contribution in [-0.4, -0.2) is 65.7 Å². The van der Waals surface area contributed by atoms with Gasteiger partial charge < -0.3 is 18.9 Å². The highest BCUT2D eigenvalue weighted by molar-refractivity contribution is 6.30. The van der Waals surface area contributed by atoms with E-state index in [4.69, 9.17) is 25.6 Å². The predicted octanol–water partition coefficient (Wildman–Crippen LogP) is 3.12. The number of piperazine rings is 1. The molecule has 0 N–H and O–H groups in total. The summed E-state index contributed by atoms with van der Waals surface area (Å²) in [5.41, 5.74) is 0.868. The van der Waals surface area contributed by atoms with Gasteiger partial charge in [0.05, 0.1) is 13.7 Å². The van der Waals surface area contributed by atoms with Crippen molar-refractivity contribution in [1.82, 2.24) is 19.9 Å². The Labute approximate surface area is 185 Å². The van der Waals surface area contributed by atoms with Gasteiger partial charge in [0.15, 0.2) is 6.61 Å². The first kappa shape index (κ1) is 21.1. The molecule has 0 saturated carbocycles. The lowest BCUT2D eigenvalue weighted by atomic mass is 10.2. The summed E-state index contributed by atoms with van der Waals surface area (Å²) in [5, 5.41) is 4.70. The number of carbonyl (C=O) groups excluding carboxylic acids is 1. The van der Waals surface area contributed by atoms with Crippen LogP contribution in [0, 0.1) is 0 Å². The second-order valence-electron chi connectivity index (χ2n) is 7.14. The maximum absolute atomic E-state index is 12.4. The molecule has 0 bridgehead atoms. The van der Waals surface area contributed by atoms with Gasteiger partial charge in [0.2, 0.25) is 11.7 Å². The van der Waals surface area contributed by atoms with Crippen molar-refractivity contribution in [3.05, 3.63) is 59.4 Å². The number of aromatic nitrogens is 2. The molecule has 0 unspecified atom stereocenters. The van der Waals surface area contributed by atoms with Gasteiger partial charge in [-0.15, -0.1) is 0 Å². The number of methoxy groups -OCH3 is 1. The smallest absolute Gasteiger partial charge is 0.260 e. The predicted molar refractivity (Wildman–Crippen MR) is 115 cm³/mol. The average molecular weight is 443 g/mol. The Bertz CT molecular complexity index is 999. The van der Waals surface area contributed by atoms with Gasteiger partial charge in [0.25, 0.3) is 5.91 Å². The largest absolute Gasteiger partial charge is 0.497 e. The average Bonchev–Trinajstić information content (AvgIpc) is 3.27. The van der Waals surface area contributed by atoms with E-state index in [1.54, 1.807) is 31.4 Å². The first-order valence-corrected chi connectivity index (χ1v) is 10.3. The quantitative estimate of drug-likeness (QED) is 0.556. The molecule has 31 heavy (non-hydrogen) atoms. The maximum Gasteiger partial charge on any atom is 0.260 e. The van der Waals surface area contributed by atoms with Gasteiger partial charge >= 0.3 is 0 Å². The van der Waals surface area contributed by atoms with Crippen molar-refractivity contribution >= 4 is 17.5 Å². The molecule has 0 atom stereocenters. The highest BCUT2D eigenvalue weighted by Crippen LogP contribution is 2.20. The van der Waals surface area contributed by atoms with E-state index in [1.165, 1.54) is 0 Å². The van der Waals surface area contributed by atoms with Gasteiger partial charge in [-0.3, -0.25) is 9.69 Å². The lowest BCUT2D eigenvalue weighted by molar-refractivity contribution is -0.135. The minimum atomic E-state index is -0.0332. The Hall–Kier alpha value is -3.10. The van der Waals surface area contributed by atoms with Crippen molar-refractivity contribution < 1.29 is 18.8 Å². The van der Waals surface area contributed by atoms with Crippen molar-refractivity contribution in [3.63, 3.8) is 0 Å². The monoisotopic (exact) mass is 442 g/mol. The summed E-state index contributed by atoms with van der Waals surface area (Å²) in [6.45, 7) is 3.27. The van der Waals surface area contributed by atoms with Crippen LogP contribution in [0.25, 0.3) is 11.4 Å². The van der Waals surface area contributed by atoms with Gasteiger partial charge in [0, 0.05) is 36.8 Å². The third-order valence-electron chi connectivity index (χ3n) is 5.08. The first-order chi connectivity index (χ1) is 15.1. The summed E-state index contributed by atoms with van der Waals surface area (Å²) in [4.78, 5) is 20.9. The van der Waals surface area contributed by atoms with Crippen molar-refractivity contribution in [3.8, 4) is 22.9 Å². The van der Waals surface area contributed by atoms with Crippen LogP contribution in [0.2, 0.25) is 5.02 Å². The molecule has 1 aliphatic rings. The molecule has 0 radical (unpaired) electrons. The molecule has 162 valence electrons. The third-order valence-corrected chi connectivity index (χ3v) is 5.33. The van der Waals surface area contributed by atoms with Crippen LogP contribution < -0.4 is 9.47 Å². The van der Waals surface area contributed by atoms with Gasteiger partial charge in [-0.05, 0) is 48.5 Å². The second kappa shape index (κ2) is 9.80. The molecule has 2 heterocycles. The van der Waals surface area contributed by atoms with Gasteiger partial charge in [-0.1, -0.05) is 16.8 Å². The number of halogens is 1. The molecule has 2 aromatic carbocycles. The SMILES string of the molecule is COc1ccc(-c2noc(CN3CCN(C(=O)COc4ccc(Cl)cc4)CC3)n2)cc1. The fourth-order valence-electron chi connectivity index (χ4n) is 3.29. The highest BCUT2D eigenvalue weighted by Gasteiger charge is 2.23. The summed E-state index contributed by atoms with van der Waals surface area (Å²) in [6.07, 6.45) is 0. The van der Waals surface area contributed by atoms with Crippen molar-refractivity contribution in [2.75, 3.05) is 39.9 Å². The summed E-state index contributed by atoms with van der Waals surface area (Å²) < 4.78 is 16.1. The molecule has 4 rings (SSSR count). The number of nitrogens with zero attached hydrogens (tertiary/aromatic N) is 4. The molecule has 9 heteroatoms. The Morgan fingerprint density at radius 3 is 2.39 bits per heavy atom. The van der Waals surface area contributed by atoms with Crippen LogP contribution >= 0.6 is 11.6 Å². The molecular weight excluding hydrogens is 420 g/mol. The second-order valence-corrected chi connectivity index (χ2v) is 7.58. The molecule has 1 aliphatic heterocycles. The van der Waals surface area contributed by atoms with Crippen LogP contribution in [0.15, 0.2) is 53.1 Å². The molecular formula is C22H23ClN4O4. The topological polar surface area (TPSA) is 80.9 Å². The van der Waals surface area contributed by atoms with Crippen LogP contribution in [0.5, 0.6) is 11.5 Å². The molecule has 8 nitrogen and oxygen atoms in total. The van der Waals surface area contributed by atoms with Gasteiger partial charge in [-0.25, -0.2) is 0 Å². The van der Waals surface area contributed by atoms with Crippen LogP contribution in [0.3, 0.4) is 0 Å². The van der Waals surface area contributed by atoms with E-state index in [1.807, 2.05) is 29.2 Å². The molecule has 1 amide bonds. The number of rotatable bonds is 7. The standard InChI is InChI=1S/C22H23ClN4O4/c1-29-18-6-2-16(3-7-18)22-24-20(31-25-22)14-26-10-12-27(13-11-26)21(28)15-30-19-8-4-17(23)5-9-19/h2-9H,10-15H2,1H3.